The molecule has 1 aromatic rings. The van der Waals surface area contributed by atoms with Crippen LogP contribution in [0.4, 0.5) is 0 Å². The average Bonchev–Trinajstić information content (AvgIpc) is 2.88. The molecule has 0 atom stereocenters. The van der Waals surface area contributed by atoms with Gasteiger partial charge in [0.05, 0.1) is 0 Å². The third-order valence-electron chi connectivity index (χ3n) is 1.97. The molecule has 1 aromatic heterocycles. The largest absolute Gasteiger partial charge is 0.357 e. The van der Waals surface area contributed by atoms with Crippen molar-refractivity contribution in [2.45, 2.75) is 17.7 Å². The van der Waals surface area contributed by atoms with E-state index in [4.69, 9.17) is 0 Å². The van der Waals surface area contributed by atoms with E-state index in [1.54, 1.807) is 23.1 Å². The lowest BCUT2D eigenvalue weighted by molar-refractivity contribution is 0.845. The van der Waals surface area contributed by atoms with Crippen LogP contribution in [0.1, 0.15) is 13.3 Å². The standard InChI is InChI=1S/C12H20N4S2.HI/c1-3-6-14-11(13-4-2)15-7-5-9-17-12-16-8-10-18-12;/h3,8,10H,1,4-7,9H2,2H3,(H2,13,14,15);1H. The Morgan fingerprint density at radius 1 is 1.58 bits per heavy atom. The highest BCUT2D eigenvalue weighted by molar-refractivity contribution is 14.0. The van der Waals surface area contributed by atoms with Crippen molar-refractivity contribution in [3.8, 4) is 0 Å². The lowest BCUT2D eigenvalue weighted by Crippen LogP contribution is -2.37. The van der Waals surface area contributed by atoms with E-state index in [0.717, 1.165) is 42.1 Å². The van der Waals surface area contributed by atoms with Crippen molar-refractivity contribution in [3.63, 3.8) is 0 Å². The van der Waals surface area contributed by atoms with Gasteiger partial charge in [0.2, 0.25) is 0 Å². The van der Waals surface area contributed by atoms with Crippen LogP contribution in [-0.2, 0) is 0 Å². The van der Waals surface area contributed by atoms with Gasteiger partial charge < -0.3 is 10.6 Å². The summed E-state index contributed by atoms with van der Waals surface area (Å²) in [6.07, 6.45) is 4.72. The fraction of sp³-hybridized carbons (Fsp3) is 0.500. The van der Waals surface area contributed by atoms with Crippen LogP contribution in [0.2, 0.25) is 0 Å². The summed E-state index contributed by atoms with van der Waals surface area (Å²) in [7, 11) is 0. The first-order valence-electron chi connectivity index (χ1n) is 6.02. The normalized spacial score (nSPS) is 10.7. The lowest BCUT2D eigenvalue weighted by atomic mass is 10.5. The number of nitrogens with one attached hydrogen (secondary N) is 2. The van der Waals surface area contributed by atoms with Gasteiger partial charge >= 0.3 is 0 Å². The van der Waals surface area contributed by atoms with E-state index in [-0.39, 0.29) is 24.0 Å². The van der Waals surface area contributed by atoms with E-state index in [0.29, 0.717) is 0 Å². The molecule has 0 aliphatic rings. The highest BCUT2D eigenvalue weighted by Crippen LogP contribution is 2.20. The summed E-state index contributed by atoms with van der Waals surface area (Å²) in [4.78, 5) is 8.71. The van der Waals surface area contributed by atoms with Gasteiger partial charge in [-0.3, -0.25) is 4.99 Å². The van der Waals surface area contributed by atoms with Gasteiger partial charge in [-0.2, -0.15) is 0 Å². The SMILES string of the molecule is C=CCNC(=NCCCSc1nccs1)NCC.I. The second-order valence-corrected chi connectivity index (χ2v) is 5.67. The summed E-state index contributed by atoms with van der Waals surface area (Å²) in [5.41, 5.74) is 0. The molecule has 1 rings (SSSR count). The van der Waals surface area contributed by atoms with E-state index in [9.17, 15) is 0 Å². The maximum Gasteiger partial charge on any atom is 0.191 e. The summed E-state index contributed by atoms with van der Waals surface area (Å²) < 4.78 is 1.13. The molecule has 7 heteroatoms. The third-order valence-corrected chi connectivity index (χ3v) is 4.02. The molecular formula is C12H21IN4S2. The fourth-order valence-corrected chi connectivity index (χ4v) is 2.84. The third kappa shape index (κ3) is 9.28. The van der Waals surface area contributed by atoms with Gasteiger partial charge in [0.1, 0.15) is 4.34 Å². The van der Waals surface area contributed by atoms with Crippen molar-refractivity contribution in [1.29, 1.82) is 0 Å². The smallest absolute Gasteiger partial charge is 0.191 e. The zero-order valence-corrected chi connectivity index (χ0v) is 15.1. The molecule has 0 spiro atoms. The molecule has 1 heterocycles. The summed E-state index contributed by atoms with van der Waals surface area (Å²) in [6.45, 7) is 8.17. The number of thioether (sulfide) groups is 1. The summed E-state index contributed by atoms with van der Waals surface area (Å²) in [5.74, 6) is 1.91. The van der Waals surface area contributed by atoms with E-state index < -0.39 is 0 Å². The molecule has 0 aliphatic carbocycles. The minimum absolute atomic E-state index is 0. The van der Waals surface area contributed by atoms with Gasteiger partial charge in [0.25, 0.3) is 0 Å². The van der Waals surface area contributed by atoms with Crippen LogP contribution < -0.4 is 10.6 Å². The van der Waals surface area contributed by atoms with Gasteiger partial charge in [-0.15, -0.1) is 41.9 Å². The number of thiazole rings is 1. The first kappa shape index (κ1) is 18.7. The molecule has 0 fully saturated rings. The Morgan fingerprint density at radius 3 is 3.05 bits per heavy atom. The molecule has 0 saturated carbocycles. The molecule has 2 N–H and O–H groups in total. The minimum Gasteiger partial charge on any atom is -0.357 e. The maximum absolute atomic E-state index is 4.49. The average molecular weight is 412 g/mol. The lowest BCUT2D eigenvalue weighted by Gasteiger charge is -2.08. The maximum atomic E-state index is 4.49. The van der Waals surface area contributed by atoms with Crippen LogP contribution in [0.5, 0.6) is 0 Å². The van der Waals surface area contributed by atoms with Crippen LogP contribution in [0.15, 0.2) is 33.6 Å². The fourth-order valence-electron chi connectivity index (χ4n) is 1.21. The van der Waals surface area contributed by atoms with Crippen molar-refractivity contribution in [3.05, 3.63) is 24.2 Å². The van der Waals surface area contributed by atoms with E-state index >= 15 is 0 Å². The van der Waals surface area contributed by atoms with Crippen LogP contribution >= 0.6 is 47.1 Å². The summed E-state index contributed by atoms with van der Waals surface area (Å²) in [5, 5.41) is 8.38. The monoisotopic (exact) mass is 412 g/mol. The summed E-state index contributed by atoms with van der Waals surface area (Å²) in [6, 6.07) is 0. The molecule has 0 unspecified atom stereocenters. The Hall–Kier alpha value is -0.280. The number of aliphatic imine (C=N–C) groups is 1. The molecule has 0 radical (unpaired) electrons. The zero-order valence-electron chi connectivity index (χ0n) is 11.1. The predicted octanol–water partition coefficient (Wildman–Crippen LogP) is 2.98. The second-order valence-electron chi connectivity index (χ2n) is 3.43. The number of hydrogen-bond donors (Lipinski definition) is 2. The molecule has 0 amide bonds. The highest BCUT2D eigenvalue weighted by atomic mass is 127. The first-order valence-corrected chi connectivity index (χ1v) is 7.88. The Bertz CT molecular complexity index is 355. The van der Waals surface area contributed by atoms with Crippen LogP contribution in [0.25, 0.3) is 0 Å². The summed E-state index contributed by atoms with van der Waals surface area (Å²) >= 11 is 3.48. The number of guanidine groups is 1. The van der Waals surface area contributed by atoms with Gasteiger partial charge in [-0.1, -0.05) is 17.8 Å². The Balaban J connectivity index is 0.00000324. The van der Waals surface area contributed by atoms with Crippen molar-refractivity contribution in [1.82, 2.24) is 15.6 Å². The molecule has 4 nitrogen and oxygen atoms in total. The second kappa shape index (κ2) is 12.7. The van der Waals surface area contributed by atoms with E-state index in [1.807, 2.05) is 17.7 Å². The van der Waals surface area contributed by atoms with Crippen molar-refractivity contribution < 1.29 is 0 Å². The topological polar surface area (TPSA) is 49.3 Å². The van der Waals surface area contributed by atoms with Crippen molar-refractivity contribution >= 4 is 53.0 Å². The van der Waals surface area contributed by atoms with Gasteiger partial charge in [-0.05, 0) is 13.3 Å². The Kier molecular flexibility index (Phi) is 12.6. The minimum atomic E-state index is 0. The van der Waals surface area contributed by atoms with Crippen molar-refractivity contribution in [2.75, 3.05) is 25.4 Å². The zero-order chi connectivity index (χ0) is 13.1. The molecule has 0 aliphatic heterocycles. The molecule has 0 bridgehead atoms. The number of hydrogen-bond acceptors (Lipinski definition) is 4. The van der Waals surface area contributed by atoms with Crippen LogP contribution in [0.3, 0.4) is 0 Å². The number of nitrogens with zero attached hydrogens (tertiary/aromatic N) is 2. The van der Waals surface area contributed by atoms with Crippen LogP contribution in [0, 0.1) is 0 Å². The van der Waals surface area contributed by atoms with Gasteiger partial charge in [0.15, 0.2) is 5.96 Å². The highest BCUT2D eigenvalue weighted by Gasteiger charge is 1.97. The Morgan fingerprint density at radius 2 is 2.42 bits per heavy atom. The quantitative estimate of drug-likeness (QED) is 0.172. The molecule has 19 heavy (non-hydrogen) atoms. The predicted molar refractivity (Wildman–Crippen MR) is 97.0 cm³/mol. The van der Waals surface area contributed by atoms with Gasteiger partial charge in [0, 0.05) is 37.0 Å². The van der Waals surface area contributed by atoms with Crippen molar-refractivity contribution in [2.24, 2.45) is 4.99 Å². The van der Waals surface area contributed by atoms with E-state index in [2.05, 4.69) is 34.1 Å². The van der Waals surface area contributed by atoms with E-state index in [1.165, 1.54) is 0 Å². The molecule has 108 valence electrons. The molecule has 0 aromatic carbocycles. The Labute approximate surface area is 140 Å². The molecule has 0 saturated heterocycles. The number of aromatic nitrogens is 1. The first-order chi connectivity index (χ1) is 8.86. The van der Waals surface area contributed by atoms with Gasteiger partial charge in [-0.25, -0.2) is 4.98 Å². The van der Waals surface area contributed by atoms with Crippen LogP contribution in [-0.4, -0.2) is 36.3 Å². The molecular weight excluding hydrogens is 391 g/mol. The number of halogens is 1. The number of rotatable bonds is 8.